The van der Waals surface area contributed by atoms with Crippen LogP contribution in [0.5, 0.6) is 0 Å². The number of rotatable bonds is 12. The first-order chi connectivity index (χ1) is 10.4. The van der Waals surface area contributed by atoms with Crippen LogP contribution in [0, 0.1) is 0 Å². The first-order valence-electron chi connectivity index (χ1n) is 7.29. The van der Waals surface area contributed by atoms with E-state index in [0.29, 0.717) is 19.5 Å². The molecule has 1 atom stereocenters. The lowest BCUT2D eigenvalue weighted by Gasteiger charge is -2.20. The van der Waals surface area contributed by atoms with Gasteiger partial charge in [-0.25, -0.2) is 14.6 Å². The van der Waals surface area contributed by atoms with Crippen molar-refractivity contribution in [3.8, 4) is 0 Å². The molecule has 0 saturated carbocycles. The van der Waals surface area contributed by atoms with E-state index in [2.05, 4.69) is 11.6 Å². The minimum Gasteiger partial charge on any atom is -0.465 e. The molecule has 0 aromatic heterocycles. The number of aliphatic hydroxyl groups excluding tert-OH is 1. The molecule has 22 heavy (non-hydrogen) atoms. The van der Waals surface area contributed by atoms with E-state index in [9.17, 15) is 19.5 Å². The highest BCUT2D eigenvalue weighted by molar-refractivity contribution is 5.97. The Kier molecular flexibility index (Phi) is 10.6. The highest BCUT2D eigenvalue weighted by Gasteiger charge is 2.18. The van der Waals surface area contributed by atoms with Gasteiger partial charge in [-0.1, -0.05) is 19.4 Å². The second-order valence-corrected chi connectivity index (χ2v) is 5.11. The first kappa shape index (κ1) is 20.0. The van der Waals surface area contributed by atoms with Gasteiger partial charge < -0.3 is 15.1 Å². The highest BCUT2D eigenvalue weighted by atomic mass is 16.4. The molecule has 0 aromatic rings. The summed E-state index contributed by atoms with van der Waals surface area (Å²) in [5, 5.41) is 18.7. The van der Waals surface area contributed by atoms with Crippen LogP contribution in [0.25, 0.3) is 0 Å². The third kappa shape index (κ3) is 9.05. The molecule has 0 radical (unpaired) electrons. The summed E-state index contributed by atoms with van der Waals surface area (Å²) in [5.74, 6) is -0.457. The second-order valence-electron chi connectivity index (χ2n) is 5.11. The Morgan fingerprint density at radius 1 is 1.23 bits per heavy atom. The van der Waals surface area contributed by atoms with E-state index in [-0.39, 0.29) is 18.5 Å². The van der Waals surface area contributed by atoms with Crippen LogP contribution in [0.3, 0.4) is 0 Å². The number of Topliss-reactive ketones (excluding diaryl/α,β-unsaturated/α-hetero) is 1. The minimum absolute atomic E-state index is 0.0616. The number of aliphatic imine (C=N–C) groups is 1. The number of carboxylic acid groups (broad SMARTS) is 1. The normalized spacial score (nSPS) is 11.4. The summed E-state index contributed by atoms with van der Waals surface area (Å²) in [6, 6.07) is 0. The fourth-order valence-corrected chi connectivity index (χ4v) is 1.89. The number of aliphatic hydroxyl groups is 1. The van der Waals surface area contributed by atoms with Crippen molar-refractivity contribution >= 4 is 18.0 Å². The molecule has 0 bridgehead atoms. The van der Waals surface area contributed by atoms with Gasteiger partial charge in [0.05, 0.1) is 6.54 Å². The van der Waals surface area contributed by atoms with Gasteiger partial charge in [0, 0.05) is 13.1 Å². The zero-order valence-corrected chi connectivity index (χ0v) is 13.0. The standard InChI is InChI=1S/C15H24N2O5/c1-12(2)14(20)13(19)7-10-17(15(21)22)9-6-4-3-5-8-16-11-18/h13,19H,1,3-10H2,2H3,(H,21,22). The maximum atomic E-state index is 11.5. The molecule has 0 fully saturated rings. The second kappa shape index (κ2) is 11.7. The maximum absolute atomic E-state index is 11.5. The lowest BCUT2D eigenvalue weighted by atomic mass is 10.1. The first-order valence-corrected chi connectivity index (χ1v) is 7.29. The van der Waals surface area contributed by atoms with Gasteiger partial charge in [-0.2, -0.15) is 0 Å². The summed E-state index contributed by atoms with van der Waals surface area (Å²) >= 11 is 0. The molecule has 0 rings (SSSR count). The summed E-state index contributed by atoms with van der Waals surface area (Å²) in [5.41, 5.74) is 0.257. The molecule has 1 unspecified atom stereocenters. The fourth-order valence-electron chi connectivity index (χ4n) is 1.89. The zero-order valence-electron chi connectivity index (χ0n) is 13.0. The molecule has 1 amide bonds. The predicted molar refractivity (Wildman–Crippen MR) is 81.5 cm³/mol. The summed E-state index contributed by atoms with van der Waals surface area (Å²) in [7, 11) is 0. The monoisotopic (exact) mass is 312 g/mol. The Balaban J connectivity index is 4.01. The highest BCUT2D eigenvalue weighted by Crippen LogP contribution is 2.06. The largest absolute Gasteiger partial charge is 0.465 e. The van der Waals surface area contributed by atoms with Gasteiger partial charge >= 0.3 is 6.09 Å². The summed E-state index contributed by atoms with van der Waals surface area (Å²) in [4.78, 5) is 37.1. The Bertz CT molecular complexity index is 430. The molecule has 0 aliphatic rings. The molecule has 0 aliphatic carbocycles. The summed E-state index contributed by atoms with van der Waals surface area (Å²) < 4.78 is 0. The molecule has 0 heterocycles. The summed E-state index contributed by atoms with van der Waals surface area (Å²) in [6.45, 7) is 5.86. The van der Waals surface area contributed by atoms with Gasteiger partial charge in [-0.3, -0.25) is 4.79 Å². The van der Waals surface area contributed by atoms with E-state index in [1.54, 1.807) is 0 Å². The van der Waals surface area contributed by atoms with E-state index < -0.39 is 18.0 Å². The molecule has 0 aromatic carbocycles. The molecule has 7 nitrogen and oxygen atoms in total. The van der Waals surface area contributed by atoms with E-state index >= 15 is 0 Å². The van der Waals surface area contributed by atoms with Crippen LogP contribution in [0.1, 0.15) is 39.0 Å². The lowest BCUT2D eigenvalue weighted by Crippen LogP contribution is -2.35. The van der Waals surface area contributed by atoms with Crippen molar-refractivity contribution in [3.63, 3.8) is 0 Å². The van der Waals surface area contributed by atoms with Crippen molar-refractivity contribution in [3.05, 3.63) is 12.2 Å². The smallest absolute Gasteiger partial charge is 0.407 e. The predicted octanol–water partition coefficient (Wildman–Crippen LogP) is 1.76. The Morgan fingerprint density at radius 3 is 2.41 bits per heavy atom. The molecule has 124 valence electrons. The van der Waals surface area contributed by atoms with Crippen LogP contribution in [-0.2, 0) is 9.59 Å². The number of isocyanates is 1. The van der Waals surface area contributed by atoms with Crippen molar-refractivity contribution < 1.29 is 24.6 Å². The van der Waals surface area contributed by atoms with Crippen LogP contribution in [-0.4, -0.2) is 58.8 Å². The molecular weight excluding hydrogens is 288 g/mol. The molecule has 0 spiro atoms. The topological polar surface area (TPSA) is 107 Å². The number of carbonyl (C=O) groups excluding carboxylic acids is 2. The van der Waals surface area contributed by atoms with E-state index in [1.807, 2.05) is 0 Å². The number of carbonyl (C=O) groups is 2. The van der Waals surface area contributed by atoms with E-state index in [4.69, 9.17) is 5.11 Å². The van der Waals surface area contributed by atoms with Crippen LogP contribution in [0.2, 0.25) is 0 Å². The van der Waals surface area contributed by atoms with Crippen LogP contribution in [0.4, 0.5) is 4.79 Å². The van der Waals surface area contributed by atoms with Crippen molar-refractivity contribution in [1.82, 2.24) is 4.90 Å². The van der Waals surface area contributed by atoms with Gasteiger partial charge in [-0.15, -0.1) is 0 Å². The number of ketones is 1. The Labute approximate surface area is 130 Å². The SMILES string of the molecule is C=C(C)C(=O)C(O)CCN(CCCCCCN=C=O)C(=O)O. The third-order valence-electron chi connectivity index (χ3n) is 3.18. The number of amides is 1. The summed E-state index contributed by atoms with van der Waals surface area (Å²) in [6.07, 6.45) is 2.39. The lowest BCUT2D eigenvalue weighted by molar-refractivity contribution is -0.123. The van der Waals surface area contributed by atoms with E-state index in [0.717, 1.165) is 19.3 Å². The third-order valence-corrected chi connectivity index (χ3v) is 3.18. The fraction of sp³-hybridized carbons (Fsp3) is 0.667. The van der Waals surface area contributed by atoms with Crippen molar-refractivity contribution in [2.75, 3.05) is 19.6 Å². The van der Waals surface area contributed by atoms with Gasteiger partial charge in [0.25, 0.3) is 0 Å². The maximum Gasteiger partial charge on any atom is 0.407 e. The zero-order chi connectivity index (χ0) is 17.0. The number of unbranched alkanes of at least 4 members (excludes halogenated alkanes) is 3. The number of hydrogen-bond acceptors (Lipinski definition) is 5. The number of hydrogen-bond donors (Lipinski definition) is 2. The van der Waals surface area contributed by atoms with E-state index in [1.165, 1.54) is 17.9 Å². The number of nitrogens with zero attached hydrogens (tertiary/aromatic N) is 2. The molecule has 0 aliphatic heterocycles. The average Bonchev–Trinajstić information content (AvgIpc) is 2.47. The quantitative estimate of drug-likeness (QED) is 0.247. The average molecular weight is 312 g/mol. The van der Waals surface area contributed by atoms with Crippen LogP contribution >= 0.6 is 0 Å². The molecule has 2 N–H and O–H groups in total. The van der Waals surface area contributed by atoms with Crippen LogP contribution in [0.15, 0.2) is 17.1 Å². The van der Waals surface area contributed by atoms with Crippen LogP contribution < -0.4 is 0 Å². The van der Waals surface area contributed by atoms with Crippen molar-refractivity contribution in [1.29, 1.82) is 0 Å². The molecule has 7 heteroatoms. The Hall–Kier alpha value is -1.98. The van der Waals surface area contributed by atoms with Crippen molar-refractivity contribution in [2.45, 2.75) is 45.1 Å². The Morgan fingerprint density at radius 2 is 1.86 bits per heavy atom. The van der Waals surface area contributed by atoms with Gasteiger partial charge in [0.1, 0.15) is 6.10 Å². The van der Waals surface area contributed by atoms with Gasteiger partial charge in [-0.05, 0) is 31.8 Å². The molecule has 0 saturated heterocycles. The van der Waals surface area contributed by atoms with Crippen molar-refractivity contribution in [2.24, 2.45) is 4.99 Å². The van der Waals surface area contributed by atoms with Gasteiger partial charge in [0.15, 0.2) is 5.78 Å². The minimum atomic E-state index is -1.21. The molecular formula is C15H24N2O5. The van der Waals surface area contributed by atoms with Gasteiger partial charge in [0.2, 0.25) is 6.08 Å².